The van der Waals surface area contributed by atoms with Gasteiger partial charge in [-0.25, -0.2) is 9.18 Å². The van der Waals surface area contributed by atoms with Crippen LogP contribution in [-0.2, 0) is 23.2 Å². The number of hydrogen-bond acceptors (Lipinski definition) is 4. The van der Waals surface area contributed by atoms with Crippen molar-refractivity contribution in [3.8, 4) is 5.75 Å². The van der Waals surface area contributed by atoms with Crippen LogP contribution in [0.25, 0.3) is 11.0 Å². The van der Waals surface area contributed by atoms with Crippen LogP contribution in [0.3, 0.4) is 0 Å². The third-order valence-corrected chi connectivity index (χ3v) is 4.19. The van der Waals surface area contributed by atoms with Crippen molar-refractivity contribution in [2.45, 2.75) is 19.6 Å². The van der Waals surface area contributed by atoms with E-state index in [4.69, 9.17) is 4.74 Å². The van der Waals surface area contributed by atoms with Gasteiger partial charge in [-0.2, -0.15) is 0 Å². The summed E-state index contributed by atoms with van der Waals surface area (Å²) in [4.78, 5) is 36.5. The highest BCUT2D eigenvalue weighted by Gasteiger charge is 2.18. The van der Waals surface area contributed by atoms with Gasteiger partial charge in [0, 0.05) is 7.05 Å². The number of carbonyl (C=O) groups is 2. The predicted molar refractivity (Wildman–Crippen MR) is 100.0 cm³/mol. The first-order valence-electron chi connectivity index (χ1n) is 8.52. The van der Waals surface area contributed by atoms with Gasteiger partial charge in [-0.1, -0.05) is 24.3 Å². The molecule has 0 radical (unpaired) electrons. The van der Waals surface area contributed by atoms with Crippen LogP contribution in [0.2, 0.25) is 0 Å². The lowest BCUT2D eigenvalue weighted by molar-refractivity contribution is -0.133. The minimum Gasteiger partial charge on any atom is -0.478 e. The maximum Gasteiger partial charge on any atom is 0.329 e. The van der Waals surface area contributed by atoms with E-state index in [1.807, 2.05) is 0 Å². The number of rotatable bonds is 5. The Bertz CT molecular complexity index is 1090. The van der Waals surface area contributed by atoms with Crippen molar-refractivity contribution in [2.75, 3.05) is 0 Å². The van der Waals surface area contributed by atoms with Crippen LogP contribution < -0.4 is 21.3 Å². The lowest BCUT2D eigenvalue weighted by Gasteiger charge is -2.15. The molecule has 2 aromatic carbocycles. The number of hydrazine groups is 1. The van der Waals surface area contributed by atoms with Gasteiger partial charge in [0.15, 0.2) is 17.7 Å². The first kappa shape index (κ1) is 19.2. The Balaban J connectivity index is 1.60. The molecule has 0 aliphatic carbocycles. The summed E-state index contributed by atoms with van der Waals surface area (Å²) in [5.41, 5.74) is 5.39. The lowest BCUT2D eigenvalue weighted by Crippen LogP contribution is -2.48. The summed E-state index contributed by atoms with van der Waals surface area (Å²) >= 11 is 0. The zero-order valence-electron chi connectivity index (χ0n) is 15.3. The molecule has 3 aromatic rings. The number of imidazole rings is 1. The second kappa shape index (κ2) is 7.95. The molecular formula is C19H19FN4O4. The number of hydrogen-bond donors (Lipinski definition) is 2. The van der Waals surface area contributed by atoms with Gasteiger partial charge in [0.2, 0.25) is 0 Å². The first-order valence-corrected chi connectivity index (χ1v) is 8.52. The highest BCUT2D eigenvalue weighted by atomic mass is 19.1. The van der Waals surface area contributed by atoms with Crippen LogP contribution in [0, 0.1) is 5.82 Å². The second-order valence-electron chi connectivity index (χ2n) is 6.14. The van der Waals surface area contributed by atoms with E-state index in [9.17, 15) is 18.8 Å². The molecule has 1 unspecified atom stereocenters. The highest BCUT2D eigenvalue weighted by molar-refractivity contribution is 5.85. The van der Waals surface area contributed by atoms with Crippen LogP contribution in [-0.4, -0.2) is 27.1 Å². The number of aromatic nitrogens is 2. The van der Waals surface area contributed by atoms with Gasteiger partial charge in [-0.15, -0.1) is 0 Å². The normalized spacial score (nSPS) is 11.8. The van der Waals surface area contributed by atoms with Crippen LogP contribution in [0.15, 0.2) is 53.3 Å². The number of para-hydroxylation sites is 3. The van der Waals surface area contributed by atoms with Gasteiger partial charge in [-0.3, -0.25) is 29.6 Å². The van der Waals surface area contributed by atoms with Crippen LogP contribution >= 0.6 is 0 Å². The molecule has 0 saturated carbocycles. The number of amides is 2. The molecule has 28 heavy (non-hydrogen) atoms. The molecule has 8 nitrogen and oxygen atoms in total. The Morgan fingerprint density at radius 2 is 1.71 bits per heavy atom. The minimum atomic E-state index is -1.04. The number of halogens is 1. The molecule has 3 rings (SSSR count). The van der Waals surface area contributed by atoms with Crippen molar-refractivity contribution in [1.82, 2.24) is 20.0 Å². The predicted octanol–water partition coefficient (Wildman–Crippen LogP) is 1.09. The first-order chi connectivity index (χ1) is 13.4. The molecule has 146 valence electrons. The van der Waals surface area contributed by atoms with Gasteiger partial charge < -0.3 is 4.74 Å². The second-order valence-corrected chi connectivity index (χ2v) is 6.14. The summed E-state index contributed by atoms with van der Waals surface area (Å²) < 4.78 is 21.6. The monoisotopic (exact) mass is 386 g/mol. The van der Waals surface area contributed by atoms with Crippen molar-refractivity contribution in [3.63, 3.8) is 0 Å². The number of aryl methyl sites for hydroxylation is 1. The number of nitrogens with zero attached hydrogens (tertiary/aromatic N) is 2. The molecule has 0 bridgehead atoms. The fourth-order valence-corrected chi connectivity index (χ4v) is 2.72. The van der Waals surface area contributed by atoms with E-state index in [0.717, 1.165) is 0 Å². The standard InChI is InChI=1S/C19H19FN4O4/c1-12(28-16-10-6-3-7-13(16)20)18(26)22-21-17(25)11-24-15-9-5-4-8-14(15)23(2)19(24)27/h3-10,12H,11H2,1-2H3,(H,21,25)(H,22,26). The van der Waals surface area contributed by atoms with Gasteiger partial charge in [0.1, 0.15) is 6.54 Å². The maximum absolute atomic E-state index is 13.6. The topological polar surface area (TPSA) is 94.4 Å². The number of nitrogens with one attached hydrogen (secondary N) is 2. The van der Waals surface area contributed by atoms with Crippen LogP contribution in [0.4, 0.5) is 4.39 Å². The van der Waals surface area contributed by atoms with Crippen molar-refractivity contribution in [2.24, 2.45) is 7.05 Å². The van der Waals surface area contributed by atoms with E-state index in [2.05, 4.69) is 10.9 Å². The van der Waals surface area contributed by atoms with Crippen molar-refractivity contribution < 1.29 is 18.7 Å². The van der Waals surface area contributed by atoms with Gasteiger partial charge in [-0.05, 0) is 31.2 Å². The maximum atomic E-state index is 13.6. The minimum absolute atomic E-state index is 0.0706. The third kappa shape index (κ3) is 3.88. The molecular weight excluding hydrogens is 367 g/mol. The Labute approximate surface area is 159 Å². The Hall–Kier alpha value is -3.62. The van der Waals surface area contributed by atoms with Crippen molar-refractivity contribution in [3.05, 3.63) is 64.8 Å². The van der Waals surface area contributed by atoms with Gasteiger partial charge in [0.25, 0.3) is 11.8 Å². The molecule has 1 atom stereocenters. The fraction of sp³-hybridized carbons (Fsp3) is 0.211. The van der Waals surface area contributed by atoms with Gasteiger partial charge >= 0.3 is 5.69 Å². The average molecular weight is 386 g/mol. The van der Waals surface area contributed by atoms with Crippen LogP contribution in [0.1, 0.15) is 6.92 Å². The van der Waals surface area contributed by atoms with Crippen molar-refractivity contribution >= 4 is 22.8 Å². The summed E-state index contributed by atoms with van der Waals surface area (Å²) in [5, 5.41) is 0. The van der Waals surface area contributed by atoms with Gasteiger partial charge in [0.05, 0.1) is 11.0 Å². The van der Waals surface area contributed by atoms with E-state index in [1.165, 1.54) is 34.3 Å². The smallest absolute Gasteiger partial charge is 0.329 e. The van der Waals surface area contributed by atoms with E-state index in [1.54, 1.807) is 37.4 Å². The SMILES string of the molecule is CC(Oc1ccccc1F)C(=O)NNC(=O)Cn1c(=O)n(C)c2ccccc21. The molecule has 1 aromatic heterocycles. The Morgan fingerprint density at radius 1 is 1.07 bits per heavy atom. The lowest BCUT2D eigenvalue weighted by atomic mass is 10.3. The van der Waals surface area contributed by atoms with Crippen molar-refractivity contribution in [1.29, 1.82) is 0 Å². The molecule has 0 aliphatic rings. The third-order valence-electron chi connectivity index (χ3n) is 4.19. The summed E-state index contributed by atoms with van der Waals surface area (Å²) in [6, 6.07) is 12.7. The summed E-state index contributed by atoms with van der Waals surface area (Å²) in [6.07, 6.45) is -1.04. The number of carbonyl (C=O) groups excluding carboxylic acids is 2. The number of benzene rings is 2. The molecule has 0 saturated heterocycles. The van der Waals surface area contributed by atoms with E-state index in [0.29, 0.717) is 11.0 Å². The highest BCUT2D eigenvalue weighted by Crippen LogP contribution is 2.17. The number of ether oxygens (including phenoxy) is 1. The largest absolute Gasteiger partial charge is 0.478 e. The van der Waals surface area contributed by atoms with E-state index >= 15 is 0 Å². The average Bonchev–Trinajstić information content (AvgIpc) is 2.93. The van der Waals surface area contributed by atoms with Crippen LogP contribution in [0.5, 0.6) is 5.75 Å². The fourth-order valence-electron chi connectivity index (χ4n) is 2.72. The summed E-state index contributed by atoms with van der Waals surface area (Å²) in [5.74, 6) is -1.92. The van der Waals surface area contributed by atoms with E-state index in [-0.39, 0.29) is 18.0 Å². The Kier molecular flexibility index (Phi) is 5.44. The molecule has 0 spiro atoms. The molecule has 9 heteroatoms. The van der Waals surface area contributed by atoms with E-state index < -0.39 is 23.7 Å². The molecule has 2 amide bonds. The summed E-state index contributed by atoms with van der Waals surface area (Å²) in [7, 11) is 1.61. The molecule has 0 fully saturated rings. The zero-order chi connectivity index (χ0) is 20.3. The molecule has 1 heterocycles. The molecule has 0 aliphatic heterocycles. The number of fused-ring (bicyclic) bond motifs is 1. The zero-order valence-corrected chi connectivity index (χ0v) is 15.3. The Morgan fingerprint density at radius 3 is 2.43 bits per heavy atom. The quantitative estimate of drug-likeness (QED) is 0.642. The molecule has 2 N–H and O–H groups in total. The summed E-state index contributed by atoms with van der Waals surface area (Å²) in [6.45, 7) is 1.14.